The highest BCUT2D eigenvalue weighted by Gasteiger charge is 2.32. The molecule has 1 rings (SSSR count). The molecule has 1 aromatic rings. The molecule has 0 saturated heterocycles. The Morgan fingerprint density at radius 2 is 1.75 bits per heavy atom. The molecule has 0 saturated carbocycles. The van der Waals surface area contributed by atoms with Crippen molar-refractivity contribution in [2.45, 2.75) is 18.8 Å². The van der Waals surface area contributed by atoms with Crippen LogP contribution in [0.2, 0.25) is 0 Å². The van der Waals surface area contributed by atoms with E-state index in [1.807, 2.05) is 0 Å². The van der Waals surface area contributed by atoms with Gasteiger partial charge in [-0.3, -0.25) is 4.79 Å². The fourth-order valence-corrected chi connectivity index (χ4v) is 1.36. The summed E-state index contributed by atoms with van der Waals surface area (Å²) in [5, 5.41) is 8.55. The number of halogens is 6. The van der Waals surface area contributed by atoms with Crippen molar-refractivity contribution < 1.29 is 41.0 Å². The third-order valence-corrected chi connectivity index (χ3v) is 2.12. The Morgan fingerprint density at radius 3 is 2.20 bits per heavy atom. The van der Waals surface area contributed by atoms with Crippen molar-refractivity contribution in [3.8, 4) is 5.75 Å². The van der Waals surface area contributed by atoms with Crippen LogP contribution in [0.5, 0.6) is 5.75 Å². The van der Waals surface area contributed by atoms with E-state index in [1.165, 1.54) is 0 Å². The van der Waals surface area contributed by atoms with Crippen LogP contribution in [-0.2, 0) is 17.4 Å². The normalized spacial score (nSPS) is 12.3. The van der Waals surface area contributed by atoms with E-state index >= 15 is 0 Å². The van der Waals surface area contributed by atoms with Gasteiger partial charge >= 0.3 is 18.3 Å². The van der Waals surface area contributed by atoms with Gasteiger partial charge in [0.2, 0.25) is 0 Å². The van der Waals surface area contributed by atoms with Crippen molar-refractivity contribution in [3.63, 3.8) is 0 Å². The molecule has 9 heteroatoms. The smallest absolute Gasteiger partial charge is 0.422 e. The van der Waals surface area contributed by atoms with Gasteiger partial charge in [-0.15, -0.1) is 0 Å². The third-order valence-electron chi connectivity index (χ3n) is 2.12. The zero-order chi connectivity index (χ0) is 15.6. The Kier molecular flexibility index (Phi) is 4.51. The highest BCUT2D eigenvalue weighted by molar-refractivity contribution is 5.71. The first-order valence-corrected chi connectivity index (χ1v) is 5.10. The third kappa shape index (κ3) is 4.98. The zero-order valence-electron chi connectivity index (χ0n) is 9.68. The summed E-state index contributed by atoms with van der Waals surface area (Å²) >= 11 is 0. The quantitative estimate of drug-likeness (QED) is 0.868. The van der Waals surface area contributed by atoms with Gasteiger partial charge in [0.1, 0.15) is 5.75 Å². The standard InChI is InChI=1S/C11H8F6O3/c12-10(13,14)5-20-8-2-1-7(11(15,16)17)3-6(8)4-9(18)19/h1-3H,4-5H2,(H,18,19). The Balaban J connectivity index is 3.07. The first kappa shape index (κ1) is 16.1. The van der Waals surface area contributed by atoms with Crippen LogP contribution in [0.1, 0.15) is 11.1 Å². The Labute approximate surface area is 108 Å². The van der Waals surface area contributed by atoms with E-state index in [0.717, 1.165) is 0 Å². The predicted octanol–water partition coefficient (Wildman–Crippen LogP) is 3.27. The highest BCUT2D eigenvalue weighted by atomic mass is 19.4. The van der Waals surface area contributed by atoms with Crippen LogP contribution < -0.4 is 4.74 Å². The Hall–Kier alpha value is -1.93. The van der Waals surface area contributed by atoms with Crippen LogP contribution in [0.15, 0.2) is 18.2 Å². The van der Waals surface area contributed by atoms with Crippen LogP contribution in [0.4, 0.5) is 26.3 Å². The van der Waals surface area contributed by atoms with Gasteiger partial charge in [0.15, 0.2) is 6.61 Å². The summed E-state index contributed by atoms with van der Waals surface area (Å²) in [4.78, 5) is 10.5. The lowest BCUT2D eigenvalue weighted by Crippen LogP contribution is -2.20. The van der Waals surface area contributed by atoms with Gasteiger partial charge in [-0.1, -0.05) is 0 Å². The molecule has 3 nitrogen and oxygen atoms in total. The lowest BCUT2D eigenvalue weighted by molar-refractivity contribution is -0.153. The number of carboxylic acids is 1. The summed E-state index contributed by atoms with van der Waals surface area (Å²) < 4.78 is 77.6. The highest BCUT2D eigenvalue weighted by Crippen LogP contribution is 2.33. The van der Waals surface area contributed by atoms with Crippen molar-refractivity contribution in [3.05, 3.63) is 29.3 Å². The zero-order valence-corrected chi connectivity index (χ0v) is 9.68. The summed E-state index contributed by atoms with van der Waals surface area (Å²) in [6, 6.07) is 1.66. The minimum Gasteiger partial charge on any atom is -0.484 e. The van der Waals surface area contributed by atoms with E-state index in [1.54, 1.807) is 0 Å². The lowest BCUT2D eigenvalue weighted by Gasteiger charge is -2.14. The van der Waals surface area contributed by atoms with Gasteiger partial charge in [0.25, 0.3) is 0 Å². The Morgan fingerprint density at radius 1 is 1.15 bits per heavy atom. The molecule has 1 aromatic carbocycles. The predicted molar refractivity (Wildman–Crippen MR) is 54.3 cm³/mol. The first-order valence-electron chi connectivity index (χ1n) is 5.10. The molecule has 0 amide bonds. The van der Waals surface area contributed by atoms with E-state index < -0.39 is 48.2 Å². The average Bonchev–Trinajstić information content (AvgIpc) is 2.24. The van der Waals surface area contributed by atoms with Crippen molar-refractivity contribution in [1.29, 1.82) is 0 Å². The van der Waals surface area contributed by atoms with Gasteiger partial charge in [-0.25, -0.2) is 0 Å². The number of alkyl halides is 6. The van der Waals surface area contributed by atoms with Crippen LogP contribution in [0.25, 0.3) is 0 Å². The molecule has 0 bridgehead atoms. The monoisotopic (exact) mass is 302 g/mol. The van der Waals surface area contributed by atoms with Crippen molar-refractivity contribution in [2.75, 3.05) is 6.61 Å². The van der Waals surface area contributed by atoms with Crippen LogP contribution in [-0.4, -0.2) is 23.9 Å². The number of hydrogen-bond acceptors (Lipinski definition) is 2. The minimum absolute atomic E-state index is 0.458. The second kappa shape index (κ2) is 5.59. The molecule has 0 aliphatic heterocycles. The molecular formula is C11H8F6O3. The molecule has 0 aromatic heterocycles. The van der Waals surface area contributed by atoms with E-state index in [0.29, 0.717) is 18.2 Å². The molecule has 0 aliphatic carbocycles. The topological polar surface area (TPSA) is 46.5 Å². The number of hydrogen-bond donors (Lipinski definition) is 1. The van der Waals surface area contributed by atoms with E-state index in [4.69, 9.17) is 5.11 Å². The minimum atomic E-state index is -4.73. The van der Waals surface area contributed by atoms with Gasteiger partial charge in [0, 0.05) is 5.56 Å². The number of aliphatic carboxylic acids is 1. The number of rotatable bonds is 4. The molecule has 0 fully saturated rings. The van der Waals surface area contributed by atoms with E-state index in [9.17, 15) is 31.1 Å². The second-order valence-corrected chi connectivity index (χ2v) is 3.79. The fraction of sp³-hybridized carbons (Fsp3) is 0.364. The second-order valence-electron chi connectivity index (χ2n) is 3.79. The van der Waals surface area contributed by atoms with Gasteiger partial charge < -0.3 is 9.84 Å². The van der Waals surface area contributed by atoms with Crippen LogP contribution >= 0.6 is 0 Å². The van der Waals surface area contributed by atoms with Gasteiger partial charge in [0.05, 0.1) is 12.0 Å². The average molecular weight is 302 g/mol. The number of ether oxygens (including phenoxy) is 1. The number of benzene rings is 1. The van der Waals surface area contributed by atoms with Crippen molar-refractivity contribution in [2.24, 2.45) is 0 Å². The number of carbonyl (C=O) groups is 1. The SMILES string of the molecule is O=C(O)Cc1cc(C(F)(F)F)ccc1OCC(F)(F)F. The summed E-state index contributed by atoms with van der Waals surface area (Å²) in [7, 11) is 0. The molecule has 0 radical (unpaired) electrons. The molecule has 0 heterocycles. The summed E-state index contributed by atoms with van der Waals surface area (Å²) in [6.07, 6.45) is -10.3. The maximum absolute atomic E-state index is 12.4. The van der Waals surface area contributed by atoms with E-state index in [-0.39, 0.29) is 0 Å². The molecule has 0 atom stereocenters. The van der Waals surface area contributed by atoms with E-state index in [2.05, 4.69) is 4.74 Å². The summed E-state index contributed by atoms with van der Waals surface area (Å²) in [5.74, 6) is -2.03. The first-order chi connectivity index (χ1) is 8.99. The number of carboxylic acid groups (broad SMARTS) is 1. The van der Waals surface area contributed by atoms with Crippen LogP contribution in [0.3, 0.4) is 0 Å². The molecule has 0 spiro atoms. The van der Waals surface area contributed by atoms with Gasteiger partial charge in [-0.05, 0) is 18.2 Å². The molecule has 0 unspecified atom stereocenters. The molecule has 20 heavy (non-hydrogen) atoms. The lowest BCUT2D eigenvalue weighted by atomic mass is 10.1. The maximum atomic E-state index is 12.4. The largest absolute Gasteiger partial charge is 0.484 e. The fourth-order valence-electron chi connectivity index (χ4n) is 1.36. The molecular weight excluding hydrogens is 294 g/mol. The molecule has 112 valence electrons. The van der Waals surface area contributed by atoms with Crippen molar-refractivity contribution in [1.82, 2.24) is 0 Å². The summed E-state index contributed by atoms with van der Waals surface area (Å²) in [6.45, 7) is -1.72. The Bertz CT molecular complexity index is 492. The molecule has 0 aliphatic rings. The van der Waals surface area contributed by atoms with Crippen molar-refractivity contribution >= 4 is 5.97 Å². The summed E-state index contributed by atoms with van der Waals surface area (Å²) in [5.41, 5.74) is -1.63. The molecule has 1 N–H and O–H groups in total. The van der Waals surface area contributed by atoms with Gasteiger partial charge in [-0.2, -0.15) is 26.3 Å². The maximum Gasteiger partial charge on any atom is 0.422 e. The van der Waals surface area contributed by atoms with Crippen LogP contribution in [0, 0.1) is 0 Å².